The zero-order chi connectivity index (χ0) is 11.3. The Labute approximate surface area is 94.3 Å². The number of hydrogen-bond donors (Lipinski definition) is 2. The summed E-state index contributed by atoms with van der Waals surface area (Å²) in [6.07, 6.45) is 0. The lowest BCUT2D eigenvalue weighted by molar-refractivity contribution is 0.244. The summed E-state index contributed by atoms with van der Waals surface area (Å²) in [4.78, 5) is 0. The van der Waals surface area contributed by atoms with Crippen molar-refractivity contribution in [2.45, 2.75) is 6.92 Å². The Balaban J connectivity index is 2.75. The van der Waals surface area contributed by atoms with Gasteiger partial charge in [-0.2, -0.15) is 5.26 Å². The van der Waals surface area contributed by atoms with Crippen molar-refractivity contribution in [3.63, 3.8) is 0 Å². The van der Waals surface area contributed by atoms with Crippen LogP contribution < -0.4 is 5.32 Å². The Morgan fingerprint density at radius 3 is 2.93 bits per heavy atom. The number of rotatable bonds is 4. The minimum Gasteiger partial charge on any atom is -0.396 e. The van der Waals surface area contributed by atoms with E-state index in [0.29, 0.717) is 22.8 Å². The van der Waals surface area contributed by atoms with E-state index >= 15 is 0 Å². The van der Waals surface area contributed by atoms with Gasteiger partial charge < -0.3 is 10.4 Å². The molecule has 1 atom stereocenters. The summed E-state index contributed by atoms with van der Waals surface area (Å²) >= 11 is 5.82. The molecule has 0 aliphatic rings. The van der Waals surface area contributed by atoms with Gasteiger partial charge >= 0.3 is 0 Å². The molecule has 0 saturated carbocycles. The molecule has 0 heterocycles. The van der Waals surface area contributed by atoms with E-state index in [9.17, 15) is 0 Å². The summed E-state index contributed by atoms with van der Waals surface area (Å²) < 4.78 is 0. The fraction of sp³-hybridized carbons (Fsp3) is 0.364. The summed E-state index contributed by atoms with van der Waals surface area (Å²) in [5.41, 5.74) is 1.27. The predicted molar refractivity (Wildman–Crippen MR) is 60.9 cm³/mol. The molecule has 4 heteroatoms. The van der Waals surface area contributed by atoms with Crippen LogP contribution in [-0.4, -0.2) is 18.3 Å². The van der Waals surface area contributed by atoms with Crippen LogP contribution in [0.25, 0.3) is 0 Å². The van der Waals surface area contributed by atoms with Crippen LogP contribution in [0.4, 0.5) is 5.69 Å². The number of halogens is 1. The number of hydrogen-bond acceptors (Lipinski definition) is 3. The fourth-order valence-corrected chi connectivity index (χ4v) is 1.28. The van der Waals surface area contributed by atoms with E-state index in [0.717, 1.165) is 0 Å². The van der Waals surface area contributed by atoms with Gasteiger partial charge in [0, 0.05) is 18.2 Å². The van der Waals surface area contributed by atoms with Gasteiger partial charge in [0.05, 0.1) is 11.3 Å². The number of aliphatic hydroxyl groups excluding tert-OH is 1. The Kier molecular flexibility index (Phi) is 4.41. The zero-order valence-corrected chi connectivity index (χ0v) is 9.25. The highest BCUT2D eigenvalue weighted by Crippen LogP contribution is 2.20. The van der Waals surface area contributed by atoms with E-state index in [-0.39, 0.29) is 12.5 Å². The number of nitrogens with zero attached hydrogens (tertiary/aromatic N) is 1. The highest BCUT2D eigenvalue weighted by molar-refractivity contribution is 6.30. The topological polar surface area (TPSA) is 56.0 Å². The maximum Gasteiger partial charge on any atom is 0.101 e. The van der Waals surface area contributed by atoms with E-state index in [4.69, 9.17) is 22.0 Å². The van der Waals surface area contributed by atoms with Gasteiger partial charge in [0.25, 0.3) is 0 Å². The van der Waals surface area contributed by atoms with Gasteiger partial charge in [0.1, 0.15) is 6.07 Å². The third kappa shape index (κ3) is 3.43. The summed E-state index contributed by atoms with van der Waals surface area (Å²) in [6.45, 7) is 2.66. The lowest BCUT2D eigenvalue weighted by Crippen LogP contribution is -2.15. The molecule has 0 saturated heterocycles. The molecule has 0 aliphatic heterocycles. The van der Waals surface area contributed by atoms with Gasteiger partial charge in [-0.25, -0.2) is 0 Å². The van der Waals surface area contributed by atoms with Crippen molar-refractivity contribution < 1.29 is 5.11 Å². The van der Waals surface area contributed by atoms with Crippen molar-refractivity contribution in [3.05, 3.63) is 28.8 Å². The number of anilines is 1. The van der Waals surface area contributed by atoms with Crippen LogP contribution >= 0.6 is 11.6 Å². The average Bonchev–Trinajstić information content (AvgIpc) is 2.26. The van der Waals surface area contributed by atoms with E-state index in [1.165, 1.54) is 0 Å². The van der Waals surface area contributed by atoms with Gasteiger partial charge in [-0.3, -0.25) is 0 Å². The predicted octanol–water partition coefficient (Wildman–Crippen LogP) is 2.25. The summed E-state index contributed by atoms with van der Waals surface area (Å²) in [7, 11) is 0. The Bertz CT molecular complexity index is 373. The van der Waals surface area contributed by atoms with Crippen molar-refractivity contribution in [1.29, 1.82) is 5.26 Å². The Morgan fingerprint density at radius 2 is 2.33 bits per heavy atom. The molecule has 0 amide bonds. The first-order valence-corrected chi connectivity index (χ1v) is 5.09. The van der Waals surface area contributed by atoms with Crippen LogP contribution in [0.5, 0.6) is 0 Å². The number of nitrogens with one attached hydrogen (secondary N) is 1. The molecule has 1 aromatic carbocycles. The minimum absolute atomic E-state index is 0.120. The van der Waals surface area contributed by atoms with Gasteiger partial charge in [0.15, 0.2) is 0 Å². The van der Waals surface area contributed by atoms with Gasteiger partial charge in [0.2, 0.25) is 0 Å². The van der Waals surface area contributed by atoms with Crippen LogP contribution in [0, 0.1) is 17.2 Å². The Hall–Kier alpha value is -1.24. The average molecular weight is 225 g/mol. The summed E-state index contributed by atoms with van der Waals surface area (Å²) in [6, 6.07) is 7.15. The molecule has 0 bridgehead atoms. The molecule has 0 spiro atoms. The monoisotopic (exact) mass is 224 g/mol. The van der Waals surface area contributed by atoms with Gasteiger partial charge in [-0.15, -0.1) is 0 Å². The van der Waals surface area contributed by atoms with Gasteiger partial charge in [-0.1, -0.05) is 18.5 Å². The molecule has 1 aromatic rings. The molecule has 80 valence electrons. The molecule has 0 radical (unpaired) electrons. The number of aliphatic hydroxyl groups is 1. The molecule has 1 unspecified atom stereocenters. The maximum absolute atomic E-state index is 8.86. The molecule has 15 heavy (non-hydrogen) atoms. The van der Waals surface area contributed by atoms with Crippen molar-refractivity contribution in [1.82, 2.24) is 0 Å². The zero-order valence-electron chi connectivity index (χ0n) is 8.50. The van der Waals surface area contributed by atoms with Crippen LogP contribution in [0.15, 0.2) is 18.2 Å². The molecule has 3 nitrogen and oxygen atoms in total. The van der Waals surface area contributed by atoms with Crippen LogP contribution in [-0.2, 0) is 0 Å². The quantitative estimate of drug-likeness (QED) is 0.825. The van der Waals surface area contributed by atoms with Crippen LogP contribution in [0.2, 0.25) is 5.02 Å². The van der Waals surface area contributed by atoms with E-state index in [2.05, 4.69) is 11.4 Å². The molecule has 0 aromatic heterocycles. The second-order valence-electron chi connectivity index (χ2n) is 3.47. The second kappa shape index (κ2) is 5.59. The van der Waals surface area contributed by atoms with E-state index in [1.54, 1.807) is 18.2 Å². The lowest BCUT2D eigenvalue weighted by Gasteiger charge is -2.12. The molecule has 0 fully saturated rings. The molecular weight excluding hydrogens is 212 g/mol. The SMILES string of the molecule is CC(CO)CNc1cc(Cl)ccc1C#N. The van der Waals surface area contributed by atoms with Crippen LogP contribution in [0.1, 0.15) is 12.5 Å². The normalized spacial score (nSPS) is 11.9. The highest BCUT2D eigenvalue weighted by Gasteiger charge is 2.04. The first kappa shape index (κ1) is 11.8. The summed E-state index contributed by atoms with van der Waals surface area (Å²) in [5.74, 6) is 0.149. The third-order valence-electron chi connectivity index (χ3n) is 2.05. The maximum atomic E-state index is 8.86. The van der Waals surface area contributed by atoms with E-state index in [1.807, 2.05) is 6.92 Å². The Morgan fingerprint density at radius 1 is 1.60 bits per heavy atom. The molecule has 1 rings (SSSR count). The lowest BCUT2D eigenvalue weighted by atomic mass is 10.1. The standard InChI is InChI=1S/C11H13ClN2O/c1-8(7-15)6-14-11-4-10(12)3-2-9(11)5-13/h2-4,8,14-15H,6-7H2,1H3. The van der Waals surface area contributed by atoms with Crippen LogP contribution in [0.3, 0.4) is 0 Å². The van der Waals surface area contributed by atoms with Crippen molar-refractivity contribution in [2.24, 2.45) is 5.92 Å². The van der Waals surface area contributed by atoms with Crippen molar-refractivity contribution in [2.75, 3.05) is 18.5 Å². The molecule has 2 N–H and O–H groups in total. The minimum atomic E-state index is 0.120. The number of nitriles is 1. The largest absolute Gasteiger partial charge is 0.396 e. The first-order chi connectivity index (χ1) is 7.17. The van der Waals surface area contributed by atoms with Crippen molar-refractivity contribution in [3.8, 4) is 6.07 Å². The number of benzene rings is 1. The fourth-order valence-electron chi connectivity index (χ4n) is 1.11. The first-order valence-electron chi connectivity index (χ1n) is 4.71. The van der Waals surface area contributed by atoms with Crippen molar-refractivity contribution >= 4 is 17.3 Å². The highest BCUT2D eigenvalue weighted by atomic mass is 35.5. The molecular formula is C11H13ClN2O. The van der Waals surface area contributed by atoms with E-state index < -0.39 is 0 Å². The third-order valence-corrected chi connectivity index (χ3v) is 2.29. The second-order valence-corrected chi connectivity index (χ2v) is 3.91. The summed E-state index contributed by atoms with van der Waals surface area (Å²) in [5, 5.41) is 21.4. The molecule has 0 aliphatic carbocycles. The smallest absolute Gasteiger partial charge is 0.101 e. The van der Waals surface area contributed by atoms with Gasteiger partial charge in [-0.05, 0) is 24.1 Å².